The fourth-order valence-electron chi connectivity index (χ4n) is 2.96. The first kappa shape index (κ1) is 18.2. The van der Waals surface area contributed by atoms with Crippen molar-refractivity contribution in [3.63, 3.8) is 0 Å². The summed E-state index contributed by atoms with van der Waals surface area (Å²) < 4.78 is 5.83. The van der Waals surface area contributed by atoms with Crippen molar-refractivity contribution in [1.82, 2.24) is 5.32 Å². The Morgan fingerprint density at radius 3 is 2.83 bits per heavy atom. The number of amides is 2. The molecule has 0 spiro atoms. The number of aryl methyl sites for hydroxylation is 1. The van der Waals surface area contributed by atoms with Gasteiger partial charge in [-0.05, 0) is 31.7 Å². The number of anilines is 1. The van der Waals surface area contributed by atoms with Gasteiger partial charge in [-0.2, -0.15) is 0 Å². The van der Waals surface area contributed by atoms with Gasteiger partial charge in [0.2, 0.25) is 0 Å². The van der Waals surface area contributed by atoms with E-state index in [1.54, 1.807) is 19.1 Å². The zero-order valence-electron chi connectivity index (χ0n) is 14.2. The molecule has 0 aromatic heterocycles. The van der Waals surface area contributed by atoms with E-state index >= 15 is 0 Å². The molecular weight excluding hydrogens is 310 g/mol. The van der Waals surface area contributed by atoms with Gasteiger partial charge in [-0.15, -0.1) is 0 Å². The van der Waals surface area contributed by atoms with Crippen LogP contribution in [0, 0.1) is 23.0 Å². The van der Waals surface area contributed by atoms with Crippen molar-refractivity contribution >= 4 is 17.4 Å². The lowest BCUT2D eigenvalue weighted by molar-refractivity contribution is -0.385. The van der Waals surface area contributed by atoms with Crippen LogP contribution in [0.3, 0.4) is 0 Å². The molecule has 0 aliphatic heterocycles. The molecule has 2 rings (SSSR count). The standard InChI is InChI=1S/C17H25N3O4/c1-12-7-8-14(11-15(12)20(22)23)19-17(21)18-9-10-24-16-6-4-3-5-13(16)2/h7-8,11,13,16H,3-6,9-10H2,1-2H3,(H2,18,19,21)/t13-,16-/m1/s1. The minimum Gasteiger partial charge on any atom is -0.376 e. The number of carbonyl (C=O) groups excluding carboxylic acids is 1. The molecule has 1 fully saturated rings. The Kier molecular flexibility index (Phi) is 6.54. The monoisotopic (exact) mass is 335 g/mol. The molecule has 24 heavy (non-hydrogen) atoms. The molecule has 1 aromatic carbocycles. The first-order valence-electron chi connectivity index (χ1n) is 8.39. The maximum absolute atomic E-state index is 11.8. The van der Waals surface area contributed by atoms with E-state index in [-0.39, 0.29) is 11.8 Å². The van der Waals surface area contributed by atoms with Crippen LogP contribution in [0.2, 0.25) is 0 Å². The van der Waals surface area contributed by atoms with Crippen molar-refractivity contribution in [1.29, 1.82) is 0 Å². The van der Waals surface area contributed by atoms with E-state index < -0.39 is 11.0 Å². The second kappa shape index (κ2) is 8.63. The van der Waals surface area contributed by atoms with Crippen LogP contribution < -0.4 is 10.6 Å². The quantitative estimate of drug-likeness (QED) is 0.472. The van der Waals surface area contributed by atoms with E-state index in [9.17, 15) is 14.9 Å². The number of nitrogens with zero attached hydrogens (tertiary/aromatic N) is 1. The number of benzene rings is 1. The summed E-state index contributed by atoms with van der Waals surface area (Å²) >= 11 is 0. The molecule has 2 N–H and O–H groups in total. The Balaban J connectivity index is 1.73. The summed E-state index contributed by atoms with van der Waals surface area (Å²) in [6.07, 6.45) is 5.04. The fraction of sp³-hybridized carbons (Fsp3) is 0.588. The predicted molar refractivity (Wildman–Crippen MR) is 92.2 cm³/mol. The van der Waals surface area contributed by atoms with E-state index in [1.165, 1.54) is 25.3 Å². The Hall–Kier alpha value is -2.15. The van der Waals surface area contributed by atoms with Crippen LogP contribution in [0.4, 0.5) is 16.2 Å². The van der Waals surface area contributed by atoms with Crippen LogP contribution in [-0.4, -0.2) is 30.2 Å². The van der Waals surface area contributed by atoms with Crippen molar-refractivity contribution in [2.45, 2.75) is 45.6 Å². The molecule has 0 unspecified atom stereocenters. The summed E-state index contributed by atoms with van der Waals surface area (Å²) in [5.41, 5.74) is 0.940. The van der Waals surface area contributed by atoms with Crippen molar-refractivity contribution < 1.29 is 14.5 Å². The Labute approximate surface area is 141 Å². The van der Waals surface area contributed by atoms with Gasteiger partial charge < -0.3 is 15.4 Å². The number of hydrogen-bond donors (Lipinski definition) is 2. The van der Waals surface area contributed by atoms with Crippen LogP contribution in [0.15, 0.2) is 18.2 Å². The van der Waals surface area contributed by atoms with Crippen LogP contribution in [0.1, 0.15) is 38.2 Å². The first-order chi connectivity index (χ1) is 11.5. The second-order valence-electron chi connectivity index (χ2n) is 6.31. The first-order valence-corrected chi connectivity index (χ1v) is 8.39. The lowest BCUT2D eigenvalue weighted by Crippen LogP contribution is -2.34. The van der Waals surface area contributed by atoms with E-state index in [0.717, 1.165) is 6.42 Å². The van der Waals surface area contributed by atoms with Crippen molar-refractivity contribution in [2.75, 3.05) is 18.5 Å². The van der Waals surface area contributed by atoms with Gasteiger partial charge >= 0.3 is 6.03 Å². The summed E-state index contributed by atoms with van der Waals surface area (Å²) in [6.45, 7) is 4.74. The normalized spacial score (nSPS) is 20.4. The van der Waals surface area contributed by atoms with Crippen LogP contribution >= 0.6 is 0 Å². The van der Waals surface area contributed by atoms with Crippen molar-refractivity contribution in [3.05, 3.63) is 33.9 Å². The van der Waals surface area contributed by atoms with E-state index in [4.69, 9.17) is 4.74 Å². The molecule has 1 aliphatic carbocycles. The van der Waals surface area contributed by atoms with Crippen LogP contribution in [-0.2, 0) is 4.74 Å². The van der Waals surface area contributed by atoms with Gasteiger partial charge in [0, 0.05) is 23.9 Å². The largest absolute Gasteiger partial charge is 0.376 e. The summed E-state index contributed by atoms with van der Waals surface area (Å²) in [6, 6.07) is 4.21. The van der Waals surface area contributed by atoms with Crippen LogP contribution in [0.25, 0.3) is 0 Å². The van der Waals surface area contributed by atoms with Gasteiger partial charge in [0.15, 0.2) is 0 Å². The van der Waals surface area contributed by atoms with Crippen molar-refractivity contribution in [2.24, 2.45) is 5.92 Å². The molecule has 2 amide bonds. The maximum Gasteiger partial charge on any atom is 0.319 e. The highest BCUT2D eigenvalue weighted by Gasteiger charge is 2.21. The smallest absolute Gasteiger partial charge is 0.319 e. The number of rotatable bonds is 6. The van der Waals surface area contributed by atoms with E-state index in [1.807, 2.05) is 0 Å². The molecule has 1 aromatic rings. The highest BCUT2D eigenvalue weighted by molar-refractivity contribution is 5.89. The molecule has 2 atom stereocenters. The van der Waals surface area contributed by atoms with Gasteiger partial charge in [-0.25, -0.2) is 4.79 Å². The third-order valence-electron chi connectivity index (χ3n) is 4.42. The SMILES string of the molecule is Cc1ccc(NC(=O)NCCO[C@@H]2CCCC[C@H]2C)cc1[N+](=O)[O-]. The van der Waals surface area contributed by atoms with Gasteiger partial charge in [0.1, 0.15) is 0 Å². The highest BCUT2D eigenvalue weighted by atomic mass is 16.6. The predicted octanol–water partition coefficient (Wildman–Crippen LogP) is 3.62. The number of nitrogens with one attached hydrogen (secondary N) is 2. The zero-order chi connectivity index (χ0) is 17.5. The Morgan fingerprint density at radius 1 is 1.38 bits per heavy atom. The number of urea groups is 1. The number of ether oxygens (including phenoxy) is 1. The molecule has 7 heteroatoms. The number of nitro groups is 1. The number of carbonyl (C=O) groups is 1. The van der Waals surface area contributed by atoms with E-state index in [2.05, 4.69) is 17.6 Å². The summed E-state index contributed by atoms with van der Waals surface area (Å²) in [5, 5.41) is 16.2. The molecule has 132 valence electrons. The van der Waals surface area contributed by atoms with E-state index in [0.29, 0.717) is 30.3 Å². The zero-order valence-corrected chi connectivity index (χ0v) is 14.2. The summed E-state index contributed by atoms with van der Waals surface area (Å²) in [4.78, 5) is 22.3. The minimum absolute atomic E-state index is 0.0116. The average Bonchev–Trinajstić information content (AvgIpc) is 2.54. The summed E-state index contributed by atoms with van der Waals surface area (Å²) in [5.74, 6) is 0.570. The average molecular weight is 335 g/mol. The minimum atomic E-state index is -0.461. The van der Waals surface area contributed by atoms with Gasteiger partial charge in [0.05, 0.1) is 17.6 Å². The topological polar surface area (TPSA) is 93.5 Å². The Morgan fingerprint density at radius 2 is 2.12 bits per heavy atom. The van der Waals surface area contributed by atoms with Gasteiger partial charge in [0.25, 0.3) is 5.69 Å². The molecular formula is C17H25N3O4. The molecule has 7 nitrogen and oxygen atoms in total. The fourth-order valence-corrected chi connectivity index (χ4v) is 2.96. The maximum atomic E-state index is 11.8. The third kappa shape index (κ3) is 5.19. The van der Waals surface area contributed by atoms with Gasteiger partial charge in [-0.1, -0.05) is 25.8 Å². The highest BCUT2D eigenvalue weighted by Crippen LogP contribution is 2.26. The molecule has 0 bridgehead atoms. The van der Waals surface area contributed by atoms with Crippen LogP contribution in [0.5, 0.6) is 0 Å². The number of hydrogen-bond acceptors (Lipinski definition) is 4. The molecule has 0 saturated heterocycles. The lowest BCUT2D eigenvalue weighted by Gasteiger charge is -2.28. The van der Waals surface area contributed by atoms with Crippen molar-refractivity contribution in [3.8, 4) is 0 Å². The lowest BCUT2D eigenvalue weighted by atomic mass is 9.88. The second-order valence-corrected chi connectivity index (χ2v) is 6.31. The Bertz CT molecular complexity index is 591. The third-order valence-corrected chi connectivity index (χ3v) is 4.42. The van der Waals surface area contributed by atoms with Gasteiger partial charge in [-0.3, -0.25) is 10.1 Å². The summed E-state index contributed by atoms with van der Waals surface area (Å²) in [7, 11) is 0. The number of nitro benzene ring substituents is 1. The molecule has 0 radical (unpaired) electrons. The molecule has 1 aliphatic rings. The molecule has 1 saturated carbocycles. The molecule has 0 heterocycles.